The van der Waals surface area contributed by atoms with E-state index in [2.05, 4.69) is 45.8 Å². The third-order valence-corrected chi connectivity index (χ3v) is 4.75. The molecule has 0 unspecified atom stereocenters. The van der Waals surface area contributed by atoms with Gasteiger partial charge in [0.15, 0.2) is 0 Å². The minimum absolute atomic E-state index is 0.541. The lowest BCUT2D eigenvalue weighted by Gasteiger charge is -2.22. The van der Waals surface area contributed by atoms with Gasteiger partial charge in [-0.15, -0.1) is 0 Å². The second-order valence-electron chi connectivity index (χ2n) is 6.19. The monoisotopic (exact) mass is 306 g/mol. The van der Waals surface area contributed by atoms with Crippen LogP contribution in [0.15, 0.2) is 30.6 Å². The van der Waals surface area contributed by atoms with Crippen molar-refractivity contribution >= 4 is 11.6 Å². The Morgan fingerprint density at radius 2 is 1.87 bits per heavy atom. The van der Waals surface area contributed by atoms with E-state index in [1.807, 2.05) is 6.92 Å². The quantitative estimate of drug-likeness (QED) is 0.786. The number of aryl methyl sites for hydroxylation is 1. The molecule has 1 saturated carbocycles. The van der Waals surface area contributed by atoms with Gasteiger partial charge in [0, 0.05) is 5.56 Å². The molecule has 1 aliphatic carbocycles. The largest absolute Gasteiger partial charge is 0.383 e. The standard InChI is InChI=1S/C18H20N5/c1-12-16(17(19)23-18(22-12)20-11-21-23)15-9-7-14(8-10-15)13-5-3-2-4-6-13/h2,7-11,13H,3-6,19H2,1H3. The number of nitrogen functional groups attached to an aromatic ring is 1. The van der Waals surface area contributed by atoms with Crippen LogP contribution in [0.3, 0.4) is 0 Å². The predicted molar refractivity (Wildman–Crippen MR) is 90.9 cm³/mol. The van der Waals surface area contributed by atoms with Gasteiger partial charge in [-0.3, -0.25) is 0 Å². The topological polar surface area (TPSA) is 69.1 Å². The van der Waals surface area contributed by atoms with Crippen LogP contribution in [0.2, 0.25) is 0 Å². The van der Waals surface area contributed by atoms with E-state index in [1.54, 1.807) is 4.52 Å². The molecule has 1 radical (unpaired) electrons. The molecule has 4 rings (SSSR count). The SMILES string of the molecule is Cc1nc2ncnn2c(N)c1-c1ccc(C2CC[CH]CC2)cc1. The molecule has 117 valence electrons. The minimum atomic E-state index is 0.541. The number of benzene rings is 1. The molecule has 0 atom stereocenters. The molecule has 5 nitrogen and oxygen atoms in total. The number of nitrogens with two attached hydrogens (primary N) is 1. The summed E-state index contributed by atoms with van der Waals surface area (Å²) >= 11 is 0. The fourth-order valence-corrected chi connectivity index (χ4v) is 3.52. The van der Waals surface area contributed by atoms with E-state index in [4.69, 9.17) is 5.73 Å². The normalized spacial score (nSPS) is 16.0. The average molecular weight is 306 g/mol. The number of hydrogen-bond donors (Lipinski definition) is 1. The molecule has 2 heterocycles. The number of anilines is 1. The molecule has 1 aromatic carbocycles. The first-order valence-corrected chi connectivity index (χ1v) is 8.12. The second-order valence-corrected chi connectivity index (χ2v) is 6.19. The highest BCUT2D eigenvalue weighted by molar-refractivity contribution is 5.77. The molecule has 1 fully saturated rings. The van der Waals surface area contributed by atoms with Gasteiger partial charge in [0.05, 0.1) is 5.69 Å². The molecule has 0 spiro atoms. The predicted octanol–water partition coefficient (Wildman–Crippen LogP) is 3.54. The maximum atomic E-state index is 6.29. The third kappa shape index (κ3) is 2.46. The fraction of sp³-hybridized carbons (Fsp3) is 0.333. The number of hydrogen-bond acceptors (Lipinski definition) is 4. The minimum Gasteiger partial charge on any atom is -0.383 e. The molecule has 23 heavy (non-hydrogen) atoms. The van der Waals surface area contributed by atoms with Crippen LogP contribution < -0.4 is 5.73 Å². The first-order valence-electron chi connectivity index (χ1n) is 8.12. The van der Waals surface area contributed by atoms with Crippen LogP contribution >= 0.6 is 0 Å². The highest BCUT2D eigenvalue weighted by Gasteiger charge is 2.17. The molecule has 2 aromatic heterocycles. The van der Waals surface area contributed by atoms with Crippen LogP contribution in [0.5, 0.6) is 0 Å². The van der Waals surface area contributed by atoms with Crippen LogP contribution in [0, 0.1) is 13.3 Å². The number of fused-ring (bicyclic) bond motifs is 1. The molecule has 0 amide bonds. The molecular formula is C18H20N5. The van der Waals surface area contributed by atoms with Gasteiger partial charge in [-0.2, -0.15) is 14.6 Å². The maximum absolute atomic E-state index is 6.29. The van der Waals surface area contributed by atoms with Crippen molar-refractivity contribution in [2.75, 3.05) is 5.73 Å². The Bertz CT molecular complexity index is 828. The molecular weight excluding hydrogens is 286 g/mol. The summed E-state index contributed by atoms with van der Waals surface area (Å²) < 4.78 is 1.59. The highest BCUT2D eigenvalue weighted by atomic mass is 15.3. The molecule has 5 heteroatoms. The molecule has 0 saturated heterocycles. The van der Waals surface area contributed by atoms with Gasteiger partial charge in [0.25, 0.3) is 5.78 Å². The lowest BCUT2D eigenvalue weighted by molar-refractivity contribution is 0.512. The first kappa shape index (κ1) is 14.2. The smallest absolute Gasteiger partial charge is 0.254 e. The van der Waals surface area contributed by atoms with Crippen LogP contribution in [-0.2, 0) is 0 Å². The van der Waals surface area contributed by atoms with Gasteiger partial charge < -0.3 is 5.73 Å². The summed E-state index contributed by atoms with van der Waals surface area (Å²) in [6.07, 6.45) is 8.84. The van der Waals surface area contributed by atoms with E-state index in [-0.39, 0.29) is 0 Å². The Morgan fingerprint density at radius 1 is 1.13 bits per heavy atom. The Labute approximate surface area is 135 Å². The van der Waals surface area contributed by atoms with E-state index < -0.39 is 0 Å². The highest BCUT2D eigenvalue weighted by Crippen LogP contribution is 2.34. The van der Waals surface area contributed by atoms with Crippen molar-refractivity contribution in [2.45, 2.75) is 38.5 Å². The lowest BCUT2D eigenvalue weighted by atomic mass is 9.83. The van der Waals surface area contributed by atoms with E-state index in [0.717, 1.165) is 16.8 Å². The van der Waals surface area contributed by atoms with E-state index in [9.17, 15) is 0 Å². The van der Waals surface area contributed by atoms with E-state index >= 15 is 0 Å². The summed E-state index contributed by atoms with van der Waals surface area (Å²) in [5.74, 6) is 1.81. The molecule has 0 aliphatic heterocycles. The van der Waals surface area contributed by atoms with Crippen molar-refractivity contribution in [1.29, 1.82) is 0 Å². The summed E-state index contributed by atoms with van der Waals surface area (Å²) in [7, 11) is 0. The van der Waals surface area contributed by atoms with Crippen molar-refractivity contribution in [3.63, 3.8) is 0 Å². The van der Waals surface area contributed by atoms with Crippen LogP contribution in [0.1, 0.15) is 42.9 Å². The Kier molecular flexibility index (Phi) is 3.48. The van der Waals surface area contributed by atoms with Crippen LogP contribution in [-0.4, -0.2) is 19.6 Å². The van der Waals surface area contributed by atoms with E-state index in [1.165, 1.54) is 37.6 Å². The van der Waals surface area contributed by atoms with Crippen molar-refractivity contribution in [2.24, 2.45) is 0 Å². The summed E-state index contributed by atoms with van der Waals surface area (Å²) in [6.45, 7) is 1.96. The zero-order valence-electron chi connectivity index (χ0n) is 13.2. The summed E-state index contributed by atoms with van der Waals surface area (Å²) in [6, 6.07) is 8.76. The summed E-state index contributed by atoms with van der Waals surface area (Å²) in [5, 5.41) is 4.15. The van der Waals surface area contributed by atoms with Crippen molar-refractivity contribution in [3.05, 3.63) is 48.3 Å². The third-order valence-electron chi connectivity index (χ3n) is 4.75. The Hall–Kier alpha value is -2.43. The number of rotatable bonds is 2. The molecule has 3 aromatic rings. The van der Waals surface area contributed by atoms with Gasteiger partial charge in [-0.25, -0.2) is 4.98 Å². The fourth-order valence-electron chi connectivity index (χ4n) is 3.52. The maximum Gasteiger partial charge on any atom is 0.254 e. The summed E-state index contributed by atoms with van der Waals surface area (Å²) in [4.78, 5) is 8.60. The molecule has 2 N–H and O–H groups in total. The zero-order valence-corrected chi connectivity index (χ0v) is 13.2. The van der Waals surface area contributed by atoms with E-state index in [0.29, 0.717) is 17.5 Å². The van der Waals surface area contributed by atoms with Crippen molar-refractivity contribution in [3.8, 4) is 11.1 Å². The van der Waals surface area contributed by atoms with Crippen molar-refractivity contribution in [1.82, 2.24) is 19.6 Å². The van der Waals surface area contributed by atoms with Gasteiger partial charge in [0.2, 0.25) is 0 Å². The van der Waals surface area contributed by atoms with Gasteiger partial charge >= 0.3 is 0 Å². The average Bonchev–Trinajstić information content (AvgIpc) is 3.05. The molecule has 1 aliphatic rings. The Balaban J connectivity index is 1.73. The van der Waals surface area contributed by atoms with Crippen molar-refractivity contribution < 1.29 is 0 Å². The molecule has 0 bridgehead atoms. The lowest BCUT2D eigenvalue weighted by Crippen LogP contribution is -2.06. The summed E-state index contributed by atoms with van der Waals surface area (Å²) in [5.41, 5.74) is 10.6. The van der Waals surface area contributed by atoms with Crippen LogP contribution in [0.4, 0.5) is 5.82 Å². The number of aromatic nitrogens is 4. The second kappa shape index (κ2) is 5.65. The zero-order chi connectivity index (χ0) is 15.8. The van der Waals surface area contributed by atoms with Gasteiger partial charge in [-0.1, -0.05) is 24.3 Å². The van der Waals surface area contributed by atoms with Gasteiger partial charge in [0.1, 0.15) is 12.1 Å². The Morgan fingerprint density at radius 3 is 2.61 bits per heavy atom. The number of nitrogens with zero attached hydrogens (tertiary/aromatic N) is 4. The van der Waals surface area contributed by atoms with Gasteiger partial charge in [-0.05, 0) is 56.1 Å². The first-order chi connectivity index (χ1) is 11.2. The van der Waals surface area contributed by atoms with Crippen LogP contribution in [0.25, 0.3) is 16.9 Å².